The van der Waals surface area contributed by atoms with E-state index in [0.717, 1.165) is 38.3 Å². The molecule has 2 bridgehead atoms. The van der Waals surface area contributed by atoms with Gasteiger partial charge in [0, 0.05) is 12.1 Å². The molecule has 3 fully saturated rings. The number of nitrogens with one attached hydrogen (secondary N) is 1. The minimum atomic E-state index is -0.392. The van der Waals surface area contributed by atoms with Crippen LogP contribution in [0.15, 0.2) is 0 Å². The number of rotatable bonds is 5. The second-order valence-corrected chi connectivity index (χ2v) is 8.12. The highest BCUT2D eigenvalue weighted by Crippen LogP contribution is 2.42. The van der Waals surface area contributed by atoms with E-state index in [1.54, 1.807) is 0 Å². The van der Waals surface area contributed by atoms with E-state index in [2.05, 4.69) is 5.32 Å². The Labute approximate surface area is 128 Å². The molecule has 1 aliphatic carbocycles. The first-order valence-electron chi connectivity index (χ1n) is 8.66. The highest BCUT2D eigenvalue weighted by atomic mass is 16.6. The van der Waals surface area contributed by atoms with Gasteiger partial charge in [0.2, 0.25) is 0 Å². The molecule has 21 heavy (non-hydrogen) atoms. The van der Waals surface area contributed by atoms with Gasteiger partial charge in [0.05, 0.1) is 0 Å². The number of amides is 1. The number of hydrogen-bond acceptors (Lipinski definition) is 3. The molecule has 0 radical (unpaired) electrons. The van der Waals surface area contributed by atoms with Crippen LogP contribution in [-0.4, -0.2) is 41.8 Å². The highest BCUT2D eigenvalue weighted by Gasteiger charge is 2.49. The van der Waals surface area contributed by atoms with E-state index in [4.69, 9.17) is 4.74 Å². The van der Waals surface area contributed by atoms with E-state index in [1.807, 2.05) is 25.7 Å². The molecule has 3 rings (SSSR count). The lowest BCUT2D eigenvalue weighted by atomic mass is 9.89. The van der Waals surface area contributed by atoms with Crippen molar-refractivity contribution >= 4 is 6.09 Å². The molecule has 4 heteroatoms. The maximum Gasteiger partial charge on any atom is 0.410 e. The van der Waals surface area contributed by atoms with Crippen molar-refractivity contribution in [3.05, 3.63) is 0 Å². The SMILES string of the molecule is CC(C)(C)OC(=O)N1C2CCC1C(CNCCC1CC1)C2. The normalized spacial score (nSPS) is 31.8. The summed E-state index contributed by atoms with van der Waals surface area (Å²) < 4.78 is 5.58. The number of fused-ring (bicyclic) bond motifs is 2. The Bertz CT molecular complexity index is 387. The molecule has 3 aliphatic rings. The van der Waals surface area contributed by atoms with Crippen LogP contribution < -0.4 is 5.32 Å². The Morgan fingerprint density at radius 2 is 2.00 bits per heavy atom. The third-order valence-corrected chi connectivity index (χ3v) is 5.10. The fraction of sp³-hybridized carbons (Fsp3) is 0.941. The van der Waals surface area contributed by atoms with Crippen molar-refractivity contribution in [1.29, 1.82) is 0 Å². The fourth-order valence-electron chi connectivity index (χ4n) is 3.93. The second-order valence-electron chi connectivity index (χ2n) is 8.12. The molecule has 120 valence electrons. The van der Waals surface area contributed by atoms with E-state index in [-0.39, 0.29) is 6.09 Å². The van der Waals surface area contributed by atoms with E-state index in [9.17, 15) is 4.79 Å². The molecule has 0 spiro atoms. The summed E-state index contributed by atoms with van der Waals surface area (Å²) in [7, 11) is 0. The standard InChI is InChI=1S/C17H30N2O2/c1-17(2,3)21-16(20)19-14-6-7-15(19)13(10-14)11-18-9-8-12-4-5-12/h12-15,18H,4-11H2,1-3H3. The Hall–Kier alpha value is -0.770. The third-order valence-electron chi connectivity index (χ3n) is 5.10. The van der Waals surface area contributed by atoms with Crippen LogP contribution in [0.5, 0.6) is 0 Å². The lowest BCUT2D eigenvalue weighted by Crippen LogP contribution is -2.41. The van der Waals surface area contributed by atoms with Crippen LogP contribution in [0, 0.1) is 11.8 Å². The molecular formula is C17H30N2O2. The first kappa shape index (κ1) is 15.1. The van der Waals surface area contributed by atoms with Gasteiger partial charge in [-0.2, -0.15) is 0 Å². The van der Waals surface area contributed by atoms with Crippen LogP contribution >= 0.6 is 0 Å². The van der Waals surface area contributed by atoms with Crippen molar-refractivity contribution in [2.75, 3.05) is 13.1 Å². The molecular weight excluding hydrogens is 264 g/mol. The van der Waals surface area contributed by atoms with Gasteiger partial charge in [-0.15, -0.1) is 0 Å². The summed E-state index contributed by atoms with van der Waals surface area (Å²) in [6.45, 7) is 8.04. The van der Waals surface area contributed by atoms with Crippen LogP contribution in [0.2, 0.25) is 0 Å². The fourth-order valence-corrected chi connectivity index (χ4v) is 3.93. The number of nitrogens with zero attached hydrogens (tertiary/aromatic N) is 1. The minimum Gasteiger partial charge on any atom is -0.444 e. The molecule has 3 atom stereocenters. The van der Waals surface area contributed by atoms with Crippen molar-refractivity contribution in [3.8, 4) is 0 Å². The Kier molecular flexibility index (Phi) is 4.17. The van der Waals surface area contributed by atoms with E-state index in [1.165, 1.54) is 19.3 Å². The molecule has 3 unspecified atom stereocenters. The van der Waals surface area contributed by atoms with Gasteiger partial charge in [-0.25, -0.2) is 4.79 Å². The lowest BCUT2D eigenvalue weighted by molar-refractivity contribution is 0.0205. The molecule has 0 aromatic heterocycles. The summed E-state index contributed by atoms with van der Waals surface area (Å²) in [5.74, 6) is 1.62. The van der Waals surface area contributed by atoms with Crippen LogP contribution in [0.1, 0.15) is 59.3 Å². The topological polar surface area (TPSA) is 41.6 Å². The summed E-state index contributed by atoms with van der Waals surface area (Å²) in [5, 5.41) is 3.61. The first-order chi connectivity index (χ1) is 9.94. The number of hydrogen-bond donors (Lipinski definition) is 1. The molecule has 4 nitrogen and oxygen atoms in total. The Morgan fingerprint density at radius 3 is 2.67 bits per heavy atom. The molecule has 2 saturated heterocycles. The zero-order valence-corrected chi connectivity index (χ0v) is 13.7. The molecule has 0 aromatic rings. The molecule has 1 N–H and O–H groups in total. The summed E-state index contributed by atoms with van der Waals surface area (Å²) in [6, 6.07) is 0.818. The predicted molar refractivity (Wildman–Crippen MR) is 83.2 cm³/mol. The van der Waals surface area contributed by atoms with Crippen LogP contribution in [0.3, 0.4) is 0 Å². The van der Waals surface area contributed by atoms with Gasteiger partial charge in [-0.3, -0.25) is 0 Å². The number of carbonyl (C=O) groups is 1. The maximum absolute atomic E-state index is 12.4. The molecule has 0 aromatic carbocycles. The van der Waals surface area contributed by atoms with Gasteiger partial charge in [0.1, 0.15) is 5.60 Å². The van der Waals surface area contributed by atoms with Crippen molar-refractivity contribution < 1.29 is 9.53 Å². The monoisotopic (exact) mass is 294 g/mol. The van der Waals surface area contributed by atoms with Crippen LogP contribution in [0.4, 0.5) is 4.79 Å². The van der Waals surface area contributed by atoms with Gasteiger partial charge >= 0.3 is 6.09 Å². The van der Waals surface area contributed by atoms with E-state index >= 15 is 0 Å². The highest BCUT2D eigenvalue weighted by molar-refractivity contribution is 5.70. The predicted octanol–water partition coefficient (Wildman–Crippen LogP) is 3.16. The van der Waals surface area contributed by atoms with Gasteiger partial charge in [-0.1, -0.05) is 12.8 Å². The van der Waals surface area contributed by atoms with Crippen LogP contribution in [-0.2, 0) is 4.74 Å². The maximum atomic E-state index is 12.4. The van der Waals surface area contributed by atoms with Crippen LogP contribution in [0.25, 0.3) is 0 Å². The van der Waals surface area contributed by atoms with Gasteiger partial charge in [0.25, 0.3) is 0 Å². The largest absolute Gasteiger partial charge is 0.444 e. The summed E-state index contributed by atoms with van der Waals surface area (Å²) in [5.41, 5.74) is -0.392. The van der Waals surface area contributed by atoms with Crippen molar-refractivity contribution in [1.82, 2.24) is 10.2 Å². The molecule has 1 saturated carbocycles. The van der Waals surface area contributed by atoms with Gasteiger partial charge < -0.3 is 15.0 Å². The smallest absolute Gasteiger partial charge is 0.410 e. The lowest BCUT2D eigenvalue weighted by Gasteiger charge is -2.28. The molecule has 2 aliphatic heterocycles. The molecule has 2 heterocycles. The van der Waals surface area contributed by atoms with Gasteiger partial charge in [0.15, 0.2) is 0 Å². The number of carbonyl (C=O) groups excluding carboxylic acids is 1. The van der Waals surface area contributed by atoms with Crippen molar-refractivity contribution in [3.63, 3.8) is 0 Å². The minimum absolute atomic E-state index is 0.101. The summed E-state index contributed by atoms with van der Waals surface area (Å²) in [4.78, 5) is 14.4. The summed E-state index contributed by atoms with van der Waals surface area (Å²) >= 11 is 0. The average molecular weight is 294 g/mol. The average Bonchev–Trinajstić information content (AvgIpc) is 3.02. The third kappa shape index (κ3) is 3.71. The van der Waals surface area contributed by atoms with Crippen molar-refractivity contribution in [2.45, 2.75) is 77.0 Å². The zero-order chi connectivity index (χ0) is 15.0. The Balaban J connectivity index is 1.47. The Morgan fingerprint density at radius 1 is 1.24 bits per heavy atom. The van der Waals surface area contributed by atoms with Crippen molar-refractivity contribution in [2.24, 2.45) is 11.8 Å². The quantitative estimate of drug-likeness (QED) is 0.792. The first-order valence-corrected chi connectivity index (χ1v) is 8.66. The zero-order valence-electron chi connectivity index (χ0n) is 13.7. The van der Waals surface area contributed by atoms with Gasteiger partial charge in [-0.05, 0) is 71.4 Å². The summed E-state index contributed by atoms with van der Waals surface area (Å²) in [6.07, 6.45) is 7.55. The second kappa shape index (κ2) is 5.79. The van der Waals surface area contributed by atoms with E-state index in [0.29, 0.717) is 18.0 Å². The number of ether oxygens (including phenoxy) is 1. The van der Waals surface area contributed by atoms with E-state index < -0.39 is 5.60 Å². The molecule has 1 amide bonds.